The van der Waals surface area contributed by atoms with E-state index in [4.69, 9.17) is 5.11 Å². The largest absolute Gasteiger partial charge is 0.395 e. The Hall–Kier alpha value is -1.46. The van der Waals surface area contributed by atoms with E-state index in [1.54, 1.807) is 6.07 Å². The maximum Gasteiger partial charge on any atom is 0.252 e. The van der Waals surface area contributed by atoms with Crippen LogP contribution >= 0.6 is 15.9 Å². The Morgan fingerprint density at radius 1 is 1.44 bits per heavy atom. The lowest BCUT2D eigenvalue weighted by Gasteiger charge is -2.08. The number of nitrogens with zero attached hydrogens (tertiary/aromatic N) is 1. The van der Waals surface area contributed by atoms with Crippen LogP contribution in [0.25, 0.3) is 10.9 Å². The quantitative estimate of drug-likeness (QED) is 0.912. The number of hydrogen-bond donors (Lipinski definition) is 2. The van der Waals surface area contributed by atoms with Gasteiger partial charge < -0.3 is 10.4 Å². The molecule has 2 N–H and O–H groups in total. The summed E-state index contributed by atoms with van der Waals surface area (Å²) in [6, 6.07) is 7.39. The Morgan fingerprint density at radius 3 is 2.94 bits per heavy atom. The smallest absolute Gasteiger partial charge is 0.252 e. The van der Waals surface area contributed by atoms with Gasteiger partial charge in [-0.05, 0) is 31.2 Å². The number of aromatic nitrogens is 1. The highest BCUT2D eigenvalue weighted by molar-refractivity contribution is 9.10. The van der Waals surface area contributed by atoms with Gasteiger partial charge in [0.15, 0.2) is 0 Å². The minimum Gasteiger partial charge on any atom is -0.395 e. The van der Waals surface area contributed by atoms with E-state index in [1.165, 1.54) is 0 Å². The van der Waals surface area contributed by atoms with E-state index in [0.29, 0.717) is 5.56 Å². The van der Waals surface area contributed by atoms with Crippen LogP contribution in [0.5, 0.6) is 0 Å². The molecule has 1 amide bonds. The summed E-state index contributed by atoms with van der Waals surface area (Å²) in [6.07, 6.45) is 0. The normalized spacial score (nSPS) is 10.6. The SMILES string of the molecule is Cc1cc(C(=O)NCCO)c2cc(Br)ccc2n1. The maximum atomic E-state index is 12.0. The zero-order valence-corrected chi connectivity index (χ0v) is 11.5. The van der Waals surface area contributed by atoms with E-state index < -0.39 is 0 Å². The molecule has 2 aromatic rings. The molecule has 0 fully saturated rings. The van der Waals surface area contributed by atoms with E-state index >= 15 is 0 Å². The van der Waals surface area contributed by atoms with Crippen molar-refractivity contribution in [1.29, 1.82) is 0 Å². The first-order valence-electron chi connectivity index (χ1n) is 5.58. The molecule has 5 heteroatoms. The number of pyridine rings is 1. The number of benzene rings is 1. The zero-order valence-electron chi connectivity index (χ0n) is 9.90. The van der Waals surface area contributed by atoms with Crippen LogP contribution in [0.15, 0.2) is 28.7 Å². The first-order valence-corrected chi connectivity index (χ1v) is 6.37. The summed E-state index contributed by atoms with van der Waals surface area (Å²) in [6.45, 7) is 2.03. The van der Waals surface area contributed by atoms with Crippen molar-refractivity contribution in [2.24, 2.45) is 0 Å². The zero-order chi connectivity index (χ0) is 13.1. The van der Waals surface area contributed by atoms with Crippen LogP contribution in [0.2, 0.25) is 0 Å². The molecular formula is C13H13BrN2O2. The summed E-state index contributed by atoms with van der Waals surface area (Å²) >= 11 is 3.39. The maximum absolute atomic E-state index is 12.0. The van der Waals surface area contributed by atoms with Gasteiger partial charge in [-0.15, -0.1) is 0 Å². The molecular weight excluding hydrogens is 296 g/mol. The van der Waals surface area contributed by atoms with Crippen LogP contribution in [0.4, 0.5) is 0 Å². The molecule has 0 spiro atoms. The monoisotopic (exact) mass is 308 g/mol. The summed E-state index contributed by atoms with van der Waals surface area (Å²) < 4.78 is 0.900. The van der Waals surface area contributed by atoms with Gasteiger partial charge in [0.2, 0.25) is 0 Å². The van der Waals surface area contributed by atoms with Crippen LogP contribution in [-0.2, 0) is 0 Å². The molecule has 0 saturated heterocycles. The number of carbonyl (C=O) groups excluding carboxylic acids is 1. The highest BCUT2D eigenvalue weighted by atomic mass is 79.9. The molecule has 0 atom stereocenters. The number of halogens is 1. The average Bonchev–Trinajstić information content (AvgIpc) is 2.35. The van der Waals surface area contributed by atoms with Crippen LogP contribution in [-0.4, -0.2) is 29.1 Å². The van der Waals surface area contributed by atoms with Gasteiger partial charge in [0.05, 0.1) is 17.7 Å². The number of aryl methyl sites for hydroxylation is 1. The first kappa shape index (κ1) is 13.0. The highest BCUT2D eigenvalue weighted by Gasteiger charge is 2.11. The second-order valence-electron chi connectivity index (χ2n) is 3.95. The molecule has 1 heterocycles. The number of fused-ring (bicyclic) bond motifs is 1. The molecule has 0 saturated carbocycles. The predicted octanol–water partition coefficient (Wildman–Crippen LogP) is 2.03. The van der Waals surface area contributed by atoms with Gasteiger partial charge in [-0.2, -0.15) is 0 Å². The van der Waals surface area contributed by atoms with Crippen molar-refractivity contribution in [3.63, 3.8) is 0 Å². The van der Waals surface area contributed by atoms with Gasteiger partial charge in [-0.1, -0.05) is 15.9 Å². The second-order valence-corrected chi connectivity index (χ2v) is 4.87. The summed E-state index contributed by atoms with van der Waals surface area (Å²) in [4.78, 5) is 16.4. The van der Waals surface area contributed by atoms with Crippen molar-refractivity contribution in [1.82, 2.24) is 10.3 Å². The van der Waals surface area contributed by atoms with Crippen LogP contribution in [0, 0.1) is 6.92 Å². The van der Waals surface area contributed by atoms with Gasteiger partial charge in [0.1, 0.15) is 0 Å². The van der Waals surface area contributed by atoms with Crippen molar-refractivity contribution in [3.8, 4) is 0 Å². The van der Waals surface area contributed by atoms with Crippen LogP contribution in [0.1, 0.15) is 16.1 Å². The van der Waals surface area contributed by atoms with Gasteiger partial charge in [0.25, 0.3) is 5.91 Å². The van der Waals surface area contributed by atoms with Gasteiger partial charge in [0, 0.05) is 22.1 Å². The molecule has 0 unspecified atom stereocenters. The molecule has 18 heavy (non-hydrogen) atoms. The van der Waals surface area contributed by atoms with Gasteiger partial charge >= 0.3 is 0 Å². The predicted molar refractivity (Wildman–Crippen MR) is 73.6 cm³/mol. The molecule has 0 aliphatic rings. The van der Waals surface area contributed by atoms with Crippen molar-refractivity contribution in [3.05, 3.63) is 40.0 Å². The molecule has 0 aliphatic heterocycles. The number of amides is 1. The minimum absolute atomic E-state index is 0.0720. The van der Waals surface area contributed by atoms with Crippen molar-refractivity contribution >= 4 is 32.7 Å². The average molecular weight is 309 g/mol. The molecule has 1 aromatic heterocycles. The lowest BCUT2D eigenvalue weighted by molar-refractivity contribution is 0.0946. The Morgan fingerprint density at radius 2 is 2.22 bits per heavy atom. The van der Waals surface area contributed by atoms with Crippen molar-refractivity contribution < 1.29 is 9.90 Å². The minimum atomic E-state index is -0.197. The van der Waals surface area contributed by atoms with Crippen molar-refractivity contribution in [2.45, 2.75) is 6.92 Å². The molecule has 2 rings (SSSR count). The van der Waals surface area contributed by atoms with E-state index in [-0.39, 0.29) is 19.1 Å². The molecule has 1 aromatic carbocycles. The number of aliphatic hydroxyl groups excluding tert-OH is 1. The van der Waals surface area contributed by atoms with Gasteiger partial charge in [-0.25, -0.2) is 0 Å². The number of aliphatic hydroxyl groups is 1. The Balaban J connectivity index is 2.54. The molecule has 0 bridgehead atoms. The molecule has 0 radical (unpaired) electrons. The lowest BCUT2D eigenvalue weighted by atomic mass is 10.1. The highest BCUT2D eigenvalue weighted by Crippen LogP contribution is 2.22. The van der Waals surface area contributed by atoms with E-state index in [0.717, 1.165) is 21.1 Å². The van der Waals surface area contributed by atoms with Crippen LogP contribution in [0.3, 0.4) is 0 Å². The number of nitrogens with one attached hydrogen (secondary N) is 1. The molecule has 0 aliphatic carbocycles. The third-order valence-electron chi connectivity index (χ3n) is 2.54. The fraction of sp³-hybridized carbons (Fsp3) is 0.231. The van der Waals surface area contributed by atoms with Crippen LogP contribution < -0.4 is 5.32 Å². The summed E-state index contributed by atoms with van der Waals surface area (Å²) in [5.41, 5.74) is 2.15. The number of hydrogen-bond acceptors (Lipinski definition) is 3. The summed E-state index contributed by atoms with van der Waals surface area (Å²) in [5.74, 6) is -0.197. The first-order chi connectivity index (χ1) is 8.61. The van der Waals surface area contributed by atoms with Crippen molar-refractivity contribution in [2.75, 3.05) is 13.2 Å². The Bertz CT molecular complexity index is 599. The lowest BCUT2D eigenvalue weighted by Crippen LogP contribution is -2.26. The third kappa shape index (κ3) is 2.68. The Labute approximate surface area is 113 Å². The standard InChI is InChI=1S/C13H13BrN2O2/c1-8-6-11(13(18)15-4-5-17)10-7-9(14)2-3-12(10)16-8/h2-3,6-7,17H,4-5H2,1H3,(H,15,18). The Kier molecular flexibility index (Phi) is 3.93. The topological polar surface area (TPSA) is 62.2 Å². The third-order valence-corrected chi connectivity index (χ3v) is 3.03. The number of carbonyl (C=O) groups is 1. The second kappa shape index (κ2) is 5.46. The summed E-state index contributed by atoms with van der Waals surface area (Å²) in [7, 11) is 0. The van der Waals surface area contributed by atoms with E-state index in [1.807, 2.05) is 25.1 Å². The molecule has 94 valence electrons. The fourth-order valence-electron chi connectivity index (χ4n) is 1.78. The molecule has 4 nitrogen and oxygen atoms in total. The van der Waals surface area contributed by atoms with E-state index in [9.17, 15) is 4.79 Å². The number of rotatable bonds is 3. The van der Waals surface area contributed by atoms with E-state index in [2.05, 4.69) is 26.2 Å². The van der Waals surface area contributed by atoms with Gasteiger partial charge in [-0.3, -0.25) is 9.78 Å². The fourth-order valence-corrected chi connectivity index (χ4v) is 2.14. The summed E-state index contributed by atoms with van der Waals surface area (Å²) in [5, 5.41) is 12.2.